The van der Waals surface area contributed by atoms with Crippen LogP contribution in [0.4, 0.5) is 0 Å². The van der Waals surface area contributed by atoms with Crippen LogP contribution in [-0.4, -0.2) is 23.5 Å². The minimum atomic E-state index is -1.40. The molecule has 1 aromatic rings. The van der Waals surface area contributed by atoms with Crippen LogP contribution >= 0.6 is 22.9 Å². The largest absolute Gasteiger partial charge is 0.480 e. The number of thiophene rings is 1. The molecule has 1 heterocycles. The van der Waals surface area contributed by atoms with Gasteiger partial charge < -0.3 is 10.4 Å². The van der Waals surface area contributed by atoms with Gasteiger partial charge in [-0.3, -0.25) is 9.59 Å². The van der Waals surface area contributed by atoms with E-state index in [-0.39, 0.29) is 0 Å². The van der Waals surface area contributed by atoms with E-state index in [0.717, 1.165) is 4.88 Å². The summed E-state index contributed by atoms with van der Waals surface area (Å²) in [5.74, 6) is -1.61. The molecule has 0 aliphatic carbocycles. The Bertz CT molecular complexity index is 428. The van der Waals surface area contributed by atoms with Crippen LogP contribution in [0.5, 0.6) is 0 Å². The third kappa shape index (κ3) is 3.71. The lowest BCUT2D eigenvalue weighted by Crippen LogP contribution is -2.42. The van der Waals surface area contributed by atoms with Crippen LogP contribution in [-0.2, 0) is 16.0 Å². The van der Waals surface area contributed by atoms with Crippen LogP contribution in [0, 0.1) is 5.41 Å². The first-order chi connectivity index (χ1) is 7.84. The second-order valence-corrected chi connectivity index (χ2v) is 5.94. The molecule has 0 saturated heterocycles. The van der Waals surface area contributed by atoms with Crippen LogP contribution in [0.2, 0.25) is 4.34 Å². The first kappa shape index (κ1) is 14.0. The number of hydrogen-bond donors (Lipinski definition) is 2. The van der Waals surface area contributed by atoms with Crippen LogP contribution < -0.4 is 5.32 Å². The van der Waals surface area contributed by atoms with Crippen LogP contribution in [0.15, 0.2) is 12.1 Å². The van der Waals surface area contributed by atoms with Gasteiger partial charge in [0, 0.05) is 11.4 Å². The molecule has 0 unspecified atom stereocenters. The Morgan fingerprint density at radius 2 is 2.12 bits per heavy atom. The number of halogens is 1. The molecule has 1 amide bonds. The summed E-state index contributed by atoms with van der Waals surface area (Å²) < 4.78 is 0.706. The quantitative estimate of drug-likeness (QED) is 0.810. The molecule has 17 heavy (non-hydrogen) atoms. The molecule has 0 spiro atoms. The highest BCUT2D eigenvalue weighted by Gasteiger charge is 2.35. The van der Waals surface area contributed by atoms with Crippen LogP contribution in [0.3, 0.4) is 0 Å². The molecule has 1 aromatic heterocycles. The van der Waals surface area contributed by atoms with E-state index in [9.17, 15) is 9.59 Å². The molecule has 0 fully saturated rings. The third-order valence-corrected chi connectivity index (χ3v) is 3.68. The summed E-state index contributed by atoms with van der Waals surface area (Å²) in [5.41, 5.74) is -1.40. The van der Waals surface area contributed by atoms with Gasteiger partial charge in [-0.2, -0.15) is 0 Å². The van der Waals surface area contributed by atoms with E-state index in [1.165, 1.54) is 25.2 Å². The molecule has 0 aliphatic heterocycles. The zero-order chi connectivity index (χ0) is 13.1. The van der Waals surface area contributed by atoms with E-state index in [2.05, 4.69) is 5.32 Å². The lowest BCUT2D eigenvalue weighted by Gasteiger charge is -2.18. The van der Waals surface area contributed by atoms with E-state index in [1.54, 1.807) is 6.07 Å². The van der Waals surface area contributed by atoms with Gasteiger partial charge in [0.15, 0.2) is 0 Å². The minimum absolute atomic E-state index is 0.409. The second-order valence-electron chi connectivity index (χ2n) is 4.14. The molecule has 2 N–H and O–H groups in total. The lowest BCUT2D eigenvalue weighted by molar-refractivity contribution is -0.153. The molecule has 0 saturated carbocycles. The van der Waals surface area contributed by atoms with Crippen molar-refractivity contribution in [2.45, 2.75) is 20.3 Å². The maximum Gasteiger partial charge on any atom is 0.318 e. The Morgan fingerprint density at radius 1 is 1.47 bits per heavy atom. The van der Waals surface area contributed by atoms with Crippen molar-refractivity contribution in [2.24, 2.45) is 5.41 Å². The summed E-state index contributed by atoms with van der Waals surface area (Å²) in [6, 6.07) is 3.69. The van der Waals surface area contributed by atoms with Crippen molar-refractivity contribution < 1.29 is 14.7 Å². The zero-order valence-corrected chi connectivity index (χ0v) is 11.2. The molecular weight excluding hydrogens is 262 g/mol. The van der Waals surface area contributed by atoms with E-state index in [1.807, 2.05) is 6.07 Å². The van der Waals surface area contributed by atoms with Gasteiger partial charge in [0.2, 0.25) is 5.91 Å². The van der Waals surface area contributed by atoms with Gasteiger partial charge in [-0.25, -0.2) is 0 Å². The van der Waals surface area contributed by atoms with Gasteiger partial charge >= 0.3 is 5.97 Å². The highest BCUT2D eigenvalue weighted by atomic mass is 35.5. The summed E-state index contributed by atoms with van der Waals surface area (Å²) in [6.07, 6.45) is 0.652. The standard InChI is InChI=1S/C11H14ClNO3S/c1-11(2,10(15)16)9(14)13-6-5-7-3-4-8(12)17-7/h3-4H,5-6H2,1-2H3,(H,13,14)(H,15,16). The van der Waals surface area contributed by atoms with Gasteiger partial charge in [0.1, 0.15) is 5.41 Å². The van der Waals surface area contributed by atoms with Crippen molar-refractivity contribution in [3.63, 3.8) is 0 Å². The number of carboxylic acid groups (broad SMARTS) is 1. The fourth-order valence-electron chi connectivity index (χ4n) is 1.10. The summed E-state index contributed by atoms with van der Waals surface area (Å²) in [4.78, 5) is 23.5. The third-order valence-electron chi connectivity index (χ3n) is 2.39. The topological polar surface area (TPSA) is 66.4 Å². The highest BCUT2D eigenvalue weighted by molar-refractivity contribution is 7.16. The Balaban J connectivity index is 2.42. The molecule has 1 rings (SSSR count). The Hall–Kier alpha value is -1.07. The number of rotatable bonds is 5. The number of carbonyl (C=O) groups is 2. The predicted octanol–water partition coefficient (Wildman–Crippen LogP) is 2.17. The monoisotopic (exact) mass is 275 g/mol. The maximum atomic E-state index is 11.6. The maximum absolute atomic E-state index is 11.6. The van der Waals surface area contributed by atoms with Gasteiger partial charge in [-0.05, 0) is 32.4 Å². The zero-order valence-electron chi connectivity index (χ0n) is 9.62. The van der Waals surface area contributed by atoms with Crippen molar-refractivity contribution in [3.8, 4) is 0 Å². The first-order valence-corrected chi connectivity index (χ1v) is 6.29. The SMILES string of the molecule is CC(C)(C(=O)O)C(=O)NCCc1ccc(Cl)s1. The van der Waals surface area contributed by atoms with E-state index >= 15 is 0 Å². The second kappa shape index (κ2) is 5.51. The number of nitrogens with one attached hydrogen (secondary N) is 1. The number of carbonyl (C=O) groups excluding carboxylic acids is 1. The van der Waals surface area contributed by atoms with Gasteiger partial charge in [0.25, 0.3) is 0 Å². The summed E-state index contributed by atoms with van der Waals surface area (Å²) in [5, 5.41) is 11.5. The van der Waals surface area contributed by atoms with Crippen LogP contribution in [0.25, 0.3) is 0 Å². The average Bonchev–Trinajstić information content (AvgIpc) is 2.63. The Labute approximate surface area is 109 Å². The van der Waals surface area contributed by atoms with E-state index in [4.69, 9.17) is 16.7 Å². The fourth-order valence-corrected chi connectivity index (χ4v) is 2.19. The highest BCUT2D eigenvalue weighted by Crippen LogP contribution is 2.21. The van der Waals surface area contributed by atoms with Crippen molar-refractivity contribution in [2.75, 3.05) is 6.54 Å². The molecule has 0 bridgehead atoms. The minimum Gasteiger partial charge on any atom is -0.480 e. The predicted molar refractivity (Wildman–Crippen MR) is 67.5 cm³/mol. The molecule has 0 atom stereocenters. The fraction of sp³-hybridized carbons (Fsp3) is 0.455. The molecule has 0 aromatic carbocycles. The summed E-state index contributed by atoms with van der Waals surface area (Å²) in [7, 11) is 0. The molecule has 0 aliphatic rings. The average molecular weight is 276 g/mol. The normalized spacial score (nSPS) is 11.2. The summed E-state index contributed by atoms with van der Waals surface area (Å²) in [6.45, 7) is 3.17. The number of hydrogen-bond acceptors (Lipinski definition) is 3. The number of aliphatic carboxylic acids is 1. The smallest absolute Gasteiger partial charge is 0.318 e. The lowest BCUT2D eigenvalue weighted by atomic mass is 9.93. The molecule has 4 nitrogen and oxygen atoms in total. The van der Waals surface area contributed by atoms with Crippen molar-refractivity contribution in [1.29, 1.82) is 0 Å². The number of amides is 1. The Morgan fingerprint density at radius 3 is 2.59 bits per heavy atom. The van der Waals surface area contributed by atoms with Gasteiger partial charge in [0.05, 0.1) is 4.34 Å². The molecule has 0 radical (unpaired) electrons. The van der Waals surface area contributed by atoms with Crippen molar-refractivity contribution >= 4 is 34.8 Å². The van der Waals surface area contributed by atoms with Crippen molar-refractivity contribution in [1.82, 2.24) is 5.32 Å². The molecule has 6 heteroatoms. The first-order valence-electron chi connectivity index (χ1n) is 5.10. The summed E-state index contributed by atoms with van der Waals surface area (Å²) >= 11 is 7.22. The van der Waals surface area contributed by atoms with E-state index in [0.29, 0.717) is 17.3 Å². The van der Waals surface area contributed by atoms with E-state index < -0.39 is 17.3 Å². The molecule has 94 valence electrons. The number of carboxylic acids is 1. The van der Waals surface area contributed by atoms with Crippen molar-refractivity contribution in [3.05, 3.63) is 21.3 Å². The Kier molecular flexibility index (Phi) is 4.54. The van der Waals surface area contributed by atoms with Crippen LogP contribution in [0.1, 0.15) is 18.7 Å². The molecular formula is C11H14ClNO3S. The van der Waals surface area contributed by atoms with Gasteiger partial charge in [-0.1, -0.05) is 11.6 Å². The van der Waals surface area contributed by atoms with Gasteiger partial charge in [-0.15, -0.1) is 11.3 Å².